The van der Waals surface area contributed by atoms with Gasteiger partial charge in [0, 0.05) is 31.1 Å². The van der Waals surface area contributed by atoms with Crippen LogP contribution in [0, 0.1) is 11.8 Å². The van der Waals surface area contributed by atoms with Gasteiger partial charge in [0.2, 0.25) is 5.43 Å². The molecule has 1 N–H and O–H groups in total. The zero-order valence-electron chi connectivity index (χ0n) is 16.9. The smallest absolute Gasteiger partial charge is 0.278 e. The van der Waals surface area contributed by atoms with Gasteiger partial charge in [0.05, 0.1) is 13.1 Å². The van der Waals surface area contributed by atoms with Crippen LogP contribution in [-0.2, 0) is 13.0 Å². The van der Waals surface area contributed by atoms with E-state index < -0.39 is 17.1 Å². The lowest BCUT2D eigenvalue weighted by atomic mass is 10.1. The molecule has 0 radical (unpaired) electrons. The molecule has 0 atom stereocenters. The summed E-state index contributed by atoms with van der Waals surface area (Å²) in [6.45, 7) is 1.11. The maximum atomic E-state index is 12.7. The van der Waals surface area contributed by atoms with Crippen molar-refractivity contribution in [2.75, 3.05) is 18.2 Å². The first-order valence-corrected chi connectivity index (χ1v) is 10.0. The third-order valence-corrected chi connectivity index (χ3v) is 5.12. The van der Waals surface area contributed by atoms with Gasteiger partial charge in [-0.2, -0.15) is 0 Å². The minimum absolute atomic E-state index is 0.0181. The first-order chi connectivity index (χ1) is 15.1. The van der Waals surface area contributed by atoms with Crippen LogP contribution in [0.4, 0.5) is 0 Å². The lowest BCUT2D eigenvalue weighted by Gasteiger charge is -2.39. The number of rotatable bonds is 0. The molecule has 2 aliphatic heterocycles. The minimum Gasteiger partial charge on any atom is -0.502 e. The molecule has 0 fully saturated rings. The summed E-state index contributed by atoms with van der Waals surface area (Å²) in [7, 11) is 0. The molecule has 0 spiro atoms. The van der Waals surface area contributed by atoms with Crippen molar-refractivity contribution in [3.8, 4) is 17.6 Å². The Morgan fingerprint density at radius 3 is 2.45 bits per heavy atom. The van der Waals surface area contributed by atoms with Crippen LogP contribution in [0.3, 0.4) is 0 Å². The second-order valence-corrected chi connectivity index (χ2v) is 7.18. The van der Waals surface area contributed by atoms with Crippen LogP contribution in [0.1, 0.15) is 28.0 Å². The Hall–Kier alpha value is -4.05. The maximum Gasteiger partial charge on any atom is 0.278 e. The van der Waals surface area contributed by atoms with Gasteiger partial charge in [-0.25, -0.2) is 0 Å². The molecule has 0 unspecified atom stereocenters. The Balaban J connectivity index is 0.000000334. The quantitative estimate of drug-likeness (QED) is 0.570. The second-order valence-electron chi connectivity index (χ2n) is 7.18. The molecule has 1 amide bonds. The van der Waals surface area contributed by atoms with Crippen LogP contribution in [0.5, 0.6) is 5.75 Å². The number of aromatic nitrogens is 2. The lowest BCUT2D eigenvalue weighted by molar-refractivity contribution is 0.0710. The third kappa shape index (κ3) is 4.43. The van der Waals surface area contributed by atoms with Crippen molar-refractivity contribution in [2.45, 2.75) is 19.4 Å². The van der Waals surface area contributed by atoms with Gasteiger partial charge in [-0.15, -0.1) is 5.92 Å². The summed E-state index contributed by atoms with van der Waals surface area (Å²) < 4.78 is 1.56. The molecule has 7 nitrogen and oxygen atoms in total. The summed E-state index contributed by atoms with van der Waals surface area (Å²) in [6, 6.07) is 15.2. The van der Waals surface area contributed by atoms with E-state index in [2.05, 4.69) is 16.8 Å². The van der Waals surface area contributed by atoms with Crippen LogP contribution in [0.15, 0.2) is 71.9 Å². The number of fused-ring (bicyclic) bond motifs is 5. The van der Waals surface area contributed by atoms with E-state index in [0.717, 1.165) is 17.5 Å². The number of nitrogens with zero attached hydrogens (tertiary/aromatic N) is 4. The lowest BCUT2D eigenvalue weighted by Crippen LogP contribution is -2.53. The zero-order valence-corrected chi connectivity index (χ0v) is 16.9. The summed E-state index contributed by atoms with van der Waals surface area (Å²) >= 11 is 0. The number of benzene rings is 1. The number of carbonyl (C=O) groups excluding carboxylic acids is 1. The molecule has 2 aliphatic rings. The van der Waals surface area contributed by atoms with Gasteiger partial charge in [-0.3, -0.25) is 24.3 Å². The average molecular weight is 414 g/mol. The highest BCUT2D eigenvalue weighted by molar-refractivity contribution is 5.96. The first-order valence-electron chi connectivity index (χ1n) is 10.0. The Morgan fingerprint density at radius 1 is 0.968 bits per heavy atom. The Kier molecular flexibility index (Phi) is 5.99. The Bertz CT molecular complexity index is 1170. The average Bonchev–Trinajstić information content (AvgIpc) is 2.84. The molecule has 2 bridgehead atoms. The summed E-state index contributed by atoms with van der Waals surface area (Å²) in [6.07, 6.45) is 6.59. The van der Waals surface area contributed by atoms with Crippen molar-refractivity contribution in [3.63, 3.8) is 0 Å². The van der Waals surface area contributed by atoms with E-state index in [4.69, 9.17) is 0 Å². The molecule has 1 aromatic carbocycles. The van der Waals surface area contributed by atoms with E-state index in [1.807, 2.05) is 53.7 Å². The van der Waals surface area contributed by atoms with E-state index in [0.29, 0.717) is 19.6 Å². The molecule has 0 saturated carbocycles. The molecular weight excluding hydrogens is 392 g/mol. The van der Waals surface area contributed by atoms with Gasteiger partial charge >= 0.3 is 0 Å². The summed E-state index contributed by atoms with van der Waals surface area (Å²) in [5.74, 6) is 5.16. The van der Waals surface area contributed by atoms with E-state index in [9.17, 15) is 14.7 Å². The Labute approximate surface area is 180 Å². The van der Waals surface area contributed by atoms with Crippen LogP contribution in [-0.4, -0.2) is 38.8 Å². The molecule has 156 valence electrons. The van der Waals surface area contributed by atoms with Crippen molar-refractivity contribution in [1.82, 2.24) is 14.6 Å². The van der Waals surface area contributed by atoms with Gasteiger partial charge in [-0.1, -0.05) is 42.3 Å². The number of pyridine rings is 2. The molecule has 31 heavy (non-hydrogen) atoms. The molecule has 0 saturated heterocycles. The molecule has 2 aromatic heterocycles. The van der Waals surface area contributed by atoms with Crippen molar-refractivity contribution in [1.29, 1.82) is 0 Å². The third-order valence-electron chi connectivity index (χ3n) is 5.12. The Morgan fingerprint density at radius 2 is 1.71 bits per heavy atom. The van der Waals surface area contributed by atoms with Crippen molar-refractivity contribution in [2.24, 2.45) is 0 Å². The number of amides is 1. The number of aryl methyl sites for hydroxylation is 1. The fraction of sp³-hybridized carbons (Fsp3) is 0.208. The summed E-state index contributed by atoms with van der Waals surface area (Å²) in [4.78, 5) is 30.2. The highest BCUT2D eigenvalue weighted by atomic mass is 16.3. The first kappa shape index (κ1) is 20.2. The minimum atomic E-state index is -0.568. The normalized spacial score (nSPS) is 14.6. The largest absolute Gasteiger partial charge is 0.502 e. The molecule has 4 heterocycles. The molecule has 0 aliphatic carbocycles. The fourth-order valence-corrected chi connectivity index (χ4v) is 3.53. The van der Waals surface area contributed by atoms with Crippen LogP contribution < -0.4 is 10.4 Å². The van der Waals surface area contributed by atoms with E-state index >= 15 is 0 Å². The monoisotopic (exact) mass is 414 g/mol. The van der Waals surface area contributed by atoms with Gasteiger partial charge in [0.25, 0.3) is 5.91 Å². The van der Waals surface area contributed by atoms with Crippen LogP contribution in [0.25, 0.3) is 0 Å². The summed E-state index contributed by atoms with van der Waals surface area (Å²) in [5, 5.41) is 12.1. The van der Waals surface area contributed by atoms with Crippen LogP contribution >= 0.6 is 0 Å². The molecule has 5 rings (SSSR count). The predicted octanol–water partition coefficient (Wildman–Crippen LogP) is 2.14. The van der Waals surface area contributed by atoms with Gasteiger partial charge in [0.1, 0.15) is 6.67 Å². The number of aromatic hydroxyl groups is 1. The molecule has 7 heteroatoms. The highest BCUT2D eigenvalue weighted by Gasteiger charge is 2.32. The van der Waals surface area contributed by atoms with Crippen molar-refractivity contribution in [3.05, 3.63) is 94.2 Å². The van der Waals surface area contributed by atoms with Crippen LogP contribution in [0.2, 0.25) is 0 Å². The fourth-order valence-electron chi connectivity index (χ4n) is 3.53. The zero-order chi connectivity index (χ0) is 21.6. The van der Waals surface area contributed by atoms with E-state index in [-0.39, 0.29) is 12.2 Å². The molecule has 3 aromatic rings. The topological polar surface area (TPSA) is 78.7 Å². The summed E-state index contributed by atoms with van der Waals surface area (Å²) in [5.41, 5.74) is 1.60. The predicted molar refractivity (Wildman–Crippen MR) is 117 cm³/mol. The van der Waals surface area contributed by atoms with E-state index in [1.165, 1.54) is 17.2 Å². The SMILES string of the molecule is O=C1c2c(O)c(=O)ccn2N2Cc3ccncc3CCC#CCN1C2.c1ccccc1. The van der Waals surface area contributed by atoms with Gasteiger partial charge < -0.3 is 10.0 Å². The standard InChI is InChI=1S/C18H16N4O3.C6H6/c23-15-6-9-22-16(17(15)24)18(25)20-8-3-1-2-4-13-10-19-7-5-14(13)11-21(22)12-20;1-2-4-6-5-3-1/h5-7,9-10,24H,2,4,8,11-12H2;1-6H. The second kappa shape index (κ2) is 9.18. The molecular formula is C24H22N4O3. The van der Waals surface area contributed by atoms with Gasteiger partial charge in [-0.05, 0) is 23.6 Å². The number of hydrogen-bond donors (Lipinski definition) is 1. The highest BCUT2D eigenvalue weighted by Crippen LogP contribution is 2.22. The maximum absolute atomic E-state index is 12.7. The van der Waals surface area contributed by atoms with Gasteiger partial charge in [0.15, 0.2) is 11.4 Å². The van der Waals surface area contributed by atoms with E-state index in [1.54, 1.807) is 10.9 Å². The number of hydrogen-bond acceptors (Lipinski definition) is 5. The number of carbonyl (C=O) groups is 1. The van der Waals surface area contributed by atoms with Crippen molar-refractivity contribution >= 4 is 5.91 Å². The van der Waals surface area contributed by atoms with Crippen molar-refractivity contribution < 1.29 is 9.90 Å².